The van der Waals surface area contributed by atoms with E-state index in [1.54, 1.807) is 14.0 Å². The number of carbonyl (C=O) groups is 1. The zero-order chi connectivity index (χ0) is 13.3. The summed E-state index contributed by atoms with van der Waals surface area (Å²) in [5.41, 5.74) is 1.45. The first-order valence-electron chi connectivity index (χ1n) is 6.16. The van der Waals surface area contributed by atoms with Gasteiger partial charge in [0.25, 0.3) is 5.91 Å². The molecule has 0 radical (unpaired) electrons. The average molecular weight is 269 g/mol. The van der Waals surface area contributed by atoms with Crippen LogP contribution >= 0.6 is 11.5 Å². The Hall–Kier alpha value is -1.14. The number of aliphatic hydroxyl groups excluding tert-OH is 1. The summed E-state index contributed by atoms with van der Waals surface area (Å²) in [5, 5.41) is 13.4. The summed E-state index contributed by atoms with van der Waals surface area (Å²) in [6.07, 6.45) is 0.516. The highest BCUT2D eigenvalue weighted by atomic mass is 32.1. The maximum absolute atomic E-state index is 12.4. The number of anilines is 1. The van der Waals surface area contributed by atoms with Crippen LogP contribution in [0.5, 0.6) is 0 Å². The van der Waals surface area contributed by atoms with E-state index in [1.807, 2.05) is 11.8 Å². The number of hydrogen-bond donors (Lipinski definition) is 2. The minimum absolute atomic E-state index is 0.0220. The van der Waals surface area contributed by atoms with E-state index in [4.69, 9.17) is 0 Å². The third-order valence-electron chi connectivity index (χ3n) is 3.50. The number of carbonyl (C=O) groups excluding carboxylic acids is 1. The summed E-state index contributed by atoms with van der Waals surface area (Å²) in [6.45, 7) is 4.99. The van der Waals surface area contributed by atoms with Gasteiger partial charge in [-0.15, -0.1) is 0 Å². The van der Waals surface area contributed by atoms with Crippen molar-refractivity contribution in [2.75, 3.05) is 25.5 Å². The molecule has 1 amide bonds. The van der Waals surface area contributed by atoms with Gasteiger partial charge >= 0.3 is 0 Å². The monoisotopic (exact) mass is 269 g/mol. The molecule has 2 atom stereocenters. The van der Waals surface area contributed by atoms with E-state index in [-0.39, 0.29) is 17.9 Å². The van der Waals surface area contributed by atoms with Crippen molar-refractivity contribution < 1.29 is 9.90 Å². The van der Waals surface area contributed by atoms with Crippen LogP contribution in [0.25, 0.3) is 0 Å². The van der Waals surface area contributed by atoms with Gasteiger partial charge in [-0.3, -0.25) is 4.79 Å². The standard InChI is InChI=1S/C12H19N3O2S/c1-7-10(11(13-3)18-14-7)12(17)15-5-4-9(6-15)8(2)16/h8-9,13,16H,4-6H2,1-3H3. The average Bonchev–Trinajstić information content (AvgIpc) is 2.94. The molecule has 0 saturated carbocycles. The van der Waals surface area contributed by atoms with Crippen LogP contribution in [0.1, 0.15) is 29.4 Å². The van der Waals surface area contributed by atoms with Gasteiger partial charge in [-0.05, 0) is 31.8 Å². The number of aryl methyl sites for hydroxylation is 1. The molecule has 1 fully saturated rings. The maximum atomic E-state index is 12.4. The lowest BCUT2D eigenvalue weighted by molar-refractivity contribution is 0.0763. The van der Waals surface area contributed by atoms with Crippen molar-refractivity contribution in [3.05, 3.63) is 11.3 Å². The lowest BCUT2D eigenvalue weighted by Crippen LogP contribution is -2.31. The molecular weight excluding hydrogens is 250 g/mol. The topological polar surface area (TPSA) is 65.5 Å². The van der Waals surface area contributed by atoms with Crippen LogP contribution in [0.15, 0.2) is 0 Å². The fraction of sp³-hybridized carbons (Fsp3) is 0.667. The Balaban J connectivity index is 2.15. The number of hydrogen-bond acceptors (Lipinski definition) is 5. The first-order valence-corrected chi connectivity index (χ1v) is 6.93. The van der Waals surface area contributed by atoms with Crippen LogP contribution in [-0.2, 0) is 0 Å². The molecule has 0 spiro atoms. The van der Waals surface area contributed by atoms with Crippen LogP contribution in [0.4, 0.5) is 5.00 Å². The van der Waals surface area contributed by atoms with Crippen LogP contribution in [0.2, 0.25) is 0 Å². The molecule has 2 rings (SSSR count). The third-order valence-corrected chi connectivity index (χ3v) is 4.45. The summed E-state index contributed by atoms with van der Waals surface area (Å²) < 4.78 is 4.22. The number of likely N-dealkylation sites (tertiary alicyclic amines) is 1. The van der Waals surface area contributed by atoms with Crippen LogP contribution in [0, 0.1) is 12.8 Å². The van der Waals surface area contributed by atoms with Gasteiger partial charge in [-0.2, -0.15) is 4.37 Å². The van der Waals surface area contributed by atoms with E-state index in [0.717, 1.165) is 17.1 Å². The Morgan fingerprint density at radius 1 is 1.67 bits per heavy atom. The van der Waals surface area contributed by atoms with Crippen molar-refractivity contribution in [2.24, 2.45) is 5.92 Å². The minimum Gasteiger partial charge on any atom is -0.393 e. The van der Waals surface area contributed by atoms with Gasteiger partial charge < -0.3 is 15.3 Å². The Kier molecular flexibility index (Phi) is 3.87. The van der Waals surface area contributed by atoms with E-state index in [1.165, 1.54) is 11.5 Å². The number of amides is 1. The molecule has 18 heavy (non-hydrogen) atoms. The predicted octanol–water partition coefficient (Wildman–Crippen LogP) is 1.34. The van der Waals surface area contributed by atoms with Gasteiger partial charge in [0.2, 0.25) is 0 Å². The lowest BCUT2D eigenvalue weighted by Gasteiger charge is -2.18. The van der Waals surface area contributed by atoms with Crippen molar-refractivity contribution >= 4 is 22.4 Å². The molecular formula is C12H19N3O2S. The Labute approximate surface area is 111 Å². The van der Waals surface area contributed by atoms with E-state index in [0.29, 0.717) is 18.7 Å². The number of nitrogens with one attached hydrogen (secondary N) is 1. The molecule has 6 heteroatoms. The lowest BCUT2D eigenvalue weighted by atomic mass is 10.0. The van der Waals surface area contributed by atoms with Crippen molar-refractivity contribution in [1.29, 1.82) is 0 Å². The SMILES string of the molecule is CNc1snc(C)c1C(=O)N1CCC(C(C)O)C1. The molecule has 1 aromatic rings. The highest BCUT2D eigenvalue weighted by molar-refractivity contribution is 7.10. The second-order valence-corrected chi connectivity index (χ2v) is 5.54. The van der Waals surface area contributed by atoms with Crippen LogP contribution in [0.3, 0.4) is 0 Å². The molecule has 2 heterocycles. The molecule has 2 N–H and O–H groups in total. The van der Waals surface area contributed by atoms with Gasteiger partial charge in [0.1, 0.15) is 5.00 Å². The quantitative estimate of drug-likeness (QED) is 0.869. The summed E-state index contributed by atoms with van der Waals surface area (Å²) >= 11 is 1.31. The molecule has 100 valence electrons. The highest BCUT2D eigenvalue weighted by Crippen LogP contribution is 2.28. The molecule has 2 unspecified atom stereocenters. The van der Waals surface area contributed by atoms with E-state index < -0.39 is 0 Å². The Morgan fingerprint density at radius 2 is 2.39 bits per heavy atom. The Bertz CT molecular complexity index is 445. The van der Waals surface area contributed by atoms with Gasteiger partial charge in [0, 0.05) is 26.1 Å². The van der Waals surface area contributed by atoms with Gasteiger partial charge in [0.05, 0.1) is 17.4 Å². The number of nitrogens with zero attached hydrogens (tertiary/aromatic N) is 2. The summed E-state index contributed by atoms with van der Waals surface area (Å²) in [7, 11) is 1.80. The normalized spacial score (nSPS) is 21.1. The molecule has 0 aromatic carbocycles. The van der Waals surface area contributed by atoms with E-state index in [2.05, 4.69) is 9.69 Å². The largest absolute Gasteiger partial charge is 0.393 e. The molecule has 1 aliphatic heterocycles. The zero-order valence-electron chi connectivity index (χ0n) is 10.9. The molecule has 1 aliphatic rings. The highest BCUT2D eigenvalue weighted by Gasteiger charge is 2.31. The fourth-order valence-corrected chi connectivity index (χ4v) is 3.05. The van der Waals surface area contributed by atoms with Crippen molar-refractivity contribution in [2.45, 2.75) is 26.4 Å². The minimum atomic E-state index is -0.353. The molecule has 0 bridgehead atoms. The third kappa shape index (κ3) is 2.35. The molecule has 0 aliphatic carbocycles. The van der Waals surface area contributed by atoms with Gasteiger partial charge in [-0.25, -0.2) is 0 Å². The first kappa shape index (κ1) is 13.3. The maximum Gasteiger partial charge on any atom is 0.258 e. The smallest absolute Gasteiger partial charge is 0.258 e. The summed E-state index contributed by atoms with van der Waals surface area (Å²) in [5.74, 6) is 0.215. The zero-order valence-corrected chi connectivity index (χ0v) is 11.8. The van der Waals surface area contributed by atoms with Crippen LogP contribution in [-0.4, -0.2) is 46.5 Å². The summed E-state index contributed by atoms with van der Waals surface area (Å²) in [6, 6.07) is 0. The number of rotatable bonds is 3. The molecule has 5 nitrogen and oxygen atoms in total. The first-order chi connectivity index (χ1) is 8.54. The number of aliphatic hydroxyl groups is 1. The van der Waals surface area contributed by atoms with Gasteiger partial charge in [0.15, 0.2) is 0 Å². The van der Waals surface area contributed by atoms with E-state index >= 15 is 0 Å². The summed E-state index contributed by atoms with van der Waals surface area (Å²) in [4.78, 5) is 14.3. The molecule has 1 aromatic heterocycles. The fourth-order valence-electron chi connectivity index (χ4n) is 2.32. The second kappa shape index (κ2) is 5.24. The van der Waals surface area contributed by atoms with Crippen molar-refractivity contribution in [3.63, 3.8) is 0 Å². The van der Waals surface area contributed by atoms with Crippen molar-refractivity contribution in [3.8, 4) is 0 Å². The Morgan fingerprint density at radius 3 is 2.94 bits per heavy atom. The molecule has 1 saturated heterocycles. The van der Waals surface area contributed by atoms with Crippen LogP contribution < -0.4 is 5.32 Å². The van der Waals surface area contributed by atoms with Gasteiger partial charge in [-0.1, -0.05) is 0 Å². The second-order valence-electron chi connectivity index (χ2n) is 4.76. The van der Waals surface area contributed by atoms with E-state index in [9.17, 15) is 9.90 Å². The number of aromatic nitrogens is 1. The predicted molar refractivity (Wildman–Crippen MR) is 72.1 cm³/mol. The van der Waals surface area contributed by atoms with Crippen molar-refractivity contribution in [1.82, 2.24) is 9.27 Å².